The SMILES string of the molecule is CCCn1ccnc1C1CCC(NC)C1C. The van der Waals surface area contributed by atoms with Gasteiger partial charge < -0.3 is 9.88 Å². The van der Waals surface area contributed by atoms with Crippen molar-refractivity contribution in [1.29, 1.82) is 0 Å². The van der Waals surface area contributed by atoms with E-state index in [2.05, 4.69) is 42.0 Å². The molecular weight excluding hydrogens is 198 g/mol. The van der Waals surface area contributed by atoms with E-state index in [-0.39, 0.29) is 0 Å². The smallest absolute Gasteiger partial charge is 0.112 e. The first-order valence-electron chi connectivity index (χ1n) is 6.46. The lowest BCUT2D eigenvalue weighted by Gasteiger charge is -2.20. The average molecular weight is 221 g/mol. The molecule has 0 spiro atoms. The quantitative estimate of drug-likeness (QED) is 0.846. The van der Waals surface area contributed by atoms with Gasteiger partial charge in [-0.1, -0.05) is 13.8 Å². The molecule has 1 saturated carbocycles. The summed E-state index contributed by atoms with van der Waals surface area (Å²) in [5, 5.41) is 3.42. The lowest BCUT2D eigenvalue weighted by molar-refractivity contribution is 0.410. The second-order valence-electron chi connectivity index (χ2n) is 4.92. The van der Waals surface area contributed by atoms with Crippen molar-refractivity contribution in [2.75, 3.05) is 7.05 Å². The first-order valence-corrected chi connectivity index (χ1v) is 6.46. The van der Waals surface area contributed by atoms with Crippen LogP contribution in [-0.2, 0) is 6.54 Å². The third-order valence-electron chi connectivity index (χ3n) is 3.97. The van der Waals surface area contributed by atoms with E-state index in [0.29, 0.717) is 17.9 Å². The van der Waals surface area contributed by atoms with Crippen molar-refractivity contribution in [1.82, 2.24) is 14.9 Å². The Morgan fingerprint density at radius 2 is 2.31 bits per heavy atom. The van der Waals surface area contributed by atoms with E-state index in [4.69, 9.17) is 0 Å². The summed E-state index contributed by atoms with van der Waals surface area (Å²) in [5.41, 5.74) is 0. The van der Waals surface area contributed by atoms with Crippen LogP contribution in [0.3, 0.4) is 0 Å². The van der Waals surface area contributed by atoms with Crippen LogP contribution in [0.25, 0.3) is 0 Å². The third kappa shape index (κ3) is 2.01. The second kappa shape index (κ2) is 5.00. The average Bonchev–Trinajstić information content (AvgIpc) is 2.85. The van der Waals surface area contributed by atoms with Gasteiger partial charge in [-0.05, 0) is 32.2 Å². The summed E-state index contributed by atoms with van der Waals surface area (Å²) in [4.78, 5) is 4.57. The number of aromatic nitrogens is 2. The van der Waals surface area contributed by atoms with Crippen molar-refractivity contribution in [3.63, 3.8) is 0 Å². The van der Waals surface area contributed by atoms with Gasteiger partial charge in [0.15, 0.2) is 0 Å². The van der Waals surface area contributed by atoms with Gasteiger partial charge in [0.05, 0.1) is 0 Å². The molecular formula is C13H23N3. The normalized spacial score (nSPS) is 29.8. The lowest BCUT2D eigenvalue weighted by atomic mass is 9.95. The van der Waals surface area contributed by atoms with Crippen LogP contribution in [-0.4, -0.2) is 22.6 Å². The number of hydrogen-bond acceptors (Lipinski definition) is 2. The molecule has 3 unspecified atom stereocenters. The Bertz CT molecular complexity index is 332. The molecule has 3 nitrogen and oxygen atoms in total. The molecule has 1 N–H and O–H groups in total. The van der Waals surface area contributed by atoms with Crippen LogP contribution in [0, 0.1) is 5.92 Å². The summed E-state index contributed by atoms with van der Waals surface area (Å²) in [6.45, 7) is 5.67. The Hall–Kier alpha value is -0.830. The highest BCUT2D eigenvalue weighted by atomic mass is 15.1. The molecule has 1 aliphatic carbocycles. The van der Waals surface area contributed by atoms with Crippen molar-refractivity contribution in [3.05, 3.63) is 18.2 Å². The van der Waals surface area contributed by atoms with Crippen LogP contribution in [0.15, 0.2) is 12.4 Å². The molecule has 0 amide bonds. The fourth-order valence-electron chi connectivity index (χ4n) is 3.02. The molecule has 1 aromatic rings. The summed E-state index contributed by atoms with van der Waals surface area (Å²) < 4.78 is 2.33. The van der Waals surface area contributed by atoms with Crippen LogP contribution in [0.2, 0.25) is 0 Å². The maximum absolute atomic E-state index is 4.57. The maximum Gasteiger partial charge on any atom is 0.112 e. The fraction of sp³-hybridized carbons (Fsp3) is 0.769. The van der Waals surface area contributed by atoms with Crippen molar-refractivity contribution in [3.8, 4) is 0 Å². The molecule has 2 rings (SSSR count). The zero-order chi connectivity index (χ0) is 11.5. The van der Waals surface area contributed by atoms with E-state index < -0.39 is 0 Å². The maximum atomic E-state index is 4.57. The number of imidazole rings is 1. The largest absolute Gasteiger partial charge is 0.335 e. The monoisotopic (exact) mass is 221 g/mol. The van der Waals surface area contributed by atoms with Gasteiger partial charge in [0.2, 0.25) is 0 Å². The van der Waals surface area contributed by atoms with Crippen LogP contribution in [0.4, 0.5) is 0 Å². The van der Waals surface area contributed by atoms with E-state index >= 15 is 0 Å². The zero-order valence-electron chi connectivity index (χ0n) is 10.6. The van der Waals surface area contributed by atoms with E-state index in [9.17, 15) is 0 Å². The predicted octanol–water partition coefficient (Wildman–Crippen LogP) is 2.39. The number of nitrogens with one attached hydrogen (secondary N) is 1. The first-order chi connectivity index (χ1) is 7.77. The number of rotatable bonds is 4. The minimum Gasteiger partial charge on any atom is -0.335 e. The van der Waals surface area contributed by atoms with E-state index in [0.717, 1.165) is 6.54 Å². The van der Waals surface area contributed by atoms with E-state index in [1.165, 1.54) is 25.1 Å². The van der Waals surface area contributed by atoms with Gasteiger partial charge >= 0.3 is 0 Å². The van der Waals surface area contributed by atoms with Crippen LogP contribution < -0.4 is 5.32 Å². The molecule has 0 radical (unpaired) electrons. The molecule has 1 fully saturated rings. The van der Waals surface area contributed by atoms with Gasteiger partial charge in [-0.2, -0.15) is 0 Å². The zero-order valence-corrected chi connectivity index (χ0v) is 10.6. The van der Waals surface area contributed by atoms with Gasteiger partial charge in [0, 0.05) is 30.9 Å². The highest BCUT2D eigenvalue weighted by molar-refractivity contribution is 5.07. The predicted molar refractivity (Wildman–Crippen MR) is 66.5 cm³/mol. The number of hydrogen-bond donors (Lipinski definition) is 1. The molecule has 16 heavy (non-hydrogen) atoms. The third-order valence-corrected chi connectivity index (χ3v) is 3.97. The summed E-state index contributed by atoms with van der Waals surface area (Å²) in [7, 11) is 2.07. The number of nitrogens with zero attached hydrogens (tertiary/aromatic N) is 2. The molecule has 0 aliphatic heterocycles. The van der Waals surface area contributed by atoms with Gasteiger partial charge in [-0.3, -0.25) is 0 Å². The summed E-state index contributed by atoms with van der Waals surface area (Å²) in [6.07, 6.45) is 7.80. The Labute approximate surface area is 98.3 Å². The second-order valence-corrected chi connectivity index (χ2v) is 4.92. The van der Waals surface area contributed by atoms with Crippen molar-refractivity contribution < 1.29 is 0 Å². The van der Waals surface area contributed by atoms with Gasteiger partial charge in [0.1, 0.15) is 5.82 Å². The van der Waals surface area contributed by atoms with Crippen LogP contribution in [0.5, 0.6) is 0 Å². The first kappa shape index (κ1) is 11.6. The molecule has 1 heterocycles. The van der Waals surface area contributed by atoms with Crippen molar-refractivity contribution in [2.45, 2.75) is 51.6 Å². The molecule has 3 heteroatoms. The molecule has 0 bridgehead atoms. The Balaban J connectivity index is 2.15. The van der Waals surface area contributed by atoms with E-state index in [1.807, 2.05) is 6.20 Å². The van der Waals surface area contributed by atoms with Gasteiger partial charge in [-0.25, -0.2) is 4.98 Å². The molecule has 3 atom stereocenters. The number of aryl methyl sites for hydroxylation is 1. The molecule has 90 valence electrons. The topological polar surface area (TPSA) is 29.9 Å². The van der Waals surface area contributed by atoms with Crippen LogP contribution in [0.1, 0.15) is 44.9 Å². The molecule has 0 aromatic carbocycles. The summed E-state index contributed by atoms with van der Waals surface area (Å²) >= 11 is 0. The van der Waals surface area contributed by atoms with E-state index in [1.54, 1.807) is 0 Å². The minimum atomic E-state index is 0.638. The summed E-state index contributed by atoms with van der Waals surface area (Å²) in [6, 6.07) is 0.664. The molecule has 0 saturated heterocycles. The minimum absolute atomic E-state index is 0.638. The Morgan fingerprint density at radius 3 is 2.94 bits per heavy atom. The molecule has 1 aromatic heterocycles. The van der Waals surface area contributed by atoms with Crippen LogP contribution >= 0.6 is 0 Å². The van der Waals surface area contributed by atoms with Gasteiger partial charge in [0.25, 0.3) is 0 Å². The lowest BCUT2D eigenvalue weighted by Crippen LogP contribution is -2.29. The van der Waals surface area contributed by atoms with Gasteiger partial charge in [-0.15, -0.1) is 0 Å². The van der Waals surface area contributed by atoms with Crippen molar-refractivity contribution in [2.24, 2.45) is 5.92 Å². The highest BCUT2D eigenvalue weighted by Crippen LogP contribution is 2.38. The summed E-state index contributed by atoms with van der Waals surface area (Å²) in [5.74, 6) is 2.63. The fourth-order valence-corrected chi connectivity index (χ4v) is 3.02. The Morgan fingerprint density at radius 1 is 1.50 bits per heavy atom. The highest BCUT2D eigenvalue weighted by Gasteiger charge is 2.34. The van der Waals surface area contributed by atoms with Crippen molar-refractivity contribution >= 4 is 0 Å². The molecule has 1 aliphatic rings. The standard InChI is InChI=1S/C13H23N3/c1-4-8-16-9-7-15-13(16)11-5-6-12(14-3)10(11)2/h7,9-12,14H,4-6,8H2,1-3H3. The Kier molecular flexibility index (Phi) is 3.64.